The SMILES string of the molecule is Cc1cc(C)c([C@H]2N[C@@H](c3c(C)cc(C)cc3C)C3C(=O)C2[C@@H](c2c(C)cc(C)cc2C)N[C@H]3c2c(C)cc(C)cc2C)c(C)c1. The zero-order valence-corrected chi connectivity index (χ0v) is 30.0. The van der Waals surface area contributed by atoms with Crippen molar-refractivity contribution in [1.29, 1.82) is 0 Å². The number of nitrogens with one attached hydrogen (secondary N) is 2. The molecule has 2 fully saturated rings. The number of piperidine rings is 2. The van der Waals surface area contributed by atoms with Crippen molar-refractivity contribution >= 4 is 5.78 Å². The highest BCUT2D eigenvalue weighted by Gasteiger charge is 2.56. The van der Waals surface area contributed by atoms with E-state index in [0.717, 1.165) is 0 Å². The van der Waals surface area contributed by atoms with E-state index in [0.29, 0.717) is 5.78 Å². The molecule has 6 rings (SSSR count). The molecule has 0 aliphatic carbocycles. The number of ketones is 1. The lowest BCUT2D eigenvalue weighted by atomic mass is 9.61. The maximum absolute atomic E-state index is 15.6. The van der Waals surface area contributed by atoms with Crippen LogP contribution in [0, 0.1) is 94.9 Å². The molecule has 0 spiro atoms. The average Bonchev–Trinajstić information content (AvgIpc) is 2.89. The molecule has 0 aromatic heterocycles. The van der Waals surface area contributed by atoms with E-state index >= 15 is 4.79 Å². The van der Waals surface area contributed by atoms with Crippen LogP contribution in [0.15, 0.2) is 48.5 Å². The number of carbonyl (C=O) groups excluding carboxylic acids is 1. The predicted molar refractivity (Wildman–Crippen MR) is 192 cm³/mol. The number of rotatable bonds is 4. The van der Waals surface area contributed by atoms with Crippen LogP contribution in [0.5, 0.6) is 0 Å². The predicted octanol–water partition coefficient (Wildman–Crippen LogP) is 9.66. The third kappa shape index (κ3) is 5.36. The van der Waals surface area contributed by atoms with Crippen LogP contribution in [0.1, 0.15) is 113 Å². The monoisotopic (exact) mass is 612 g/mol. The van der Waals surface area contributed by atoms with Crippen molar-refractivity contribution in [2.75, 3.05) is 0 Å². The molecule has 240 valence electrons. The van der Waals surface area contributed by atoms with Gasteiger partial charge in [-0.25, -0.2) is 0 Å². The van der Waals surface area contributed by atoms with Gasteiger partial charge in [-0.1, -0.05) is 70.8 Å². The van der Waals surface area contributed by atoms with Crippen molar-refractivity contribution in [1.82, 2.24) is 10.6 Å². The standard InChI is InChI=1S/C43H52N2O/c1-21-13-25(5)33(26(6)14-21)39-37-40(34-27(7)15-22(2)16-28(34)8)45-42(36-31(11)19-24(4)20-32(36)12)38(43(37)46)41(44-39)35-29(9)17-23(3)18-30(35)10/h13-20,37-42,44-45H,1-12H3/t37?,38?,39-,40-,41+,42+. The van der Waals surface area contributed by atoms with Crippen LogP contribution in [-0.2, 0) is 4.79 Å². The van der Waals surface area contributed by atoms with Crippen LogP contribution in [0.3, 0.4) is 0 Å². The van der Waals surface area contributed by atoms with E-state index in [2.05, 4.69) is 142 Å². The molecule has 4 aromatic carbocycles. The summed E-state index contributed by atoms with van der Waals surface area (Å²) in [6.45, 7) is 26.5. The Morgan fingerprint density at radius 1 is 0.348 bits per heavy atom. The summed E-state index contributed by atoms with van der Waals surface area (Å²) >= 11 is 0. The second-order valence-electron chi connectivity index (χ2n) is 14.9. The lowest BCUT2D eigenvalue weighted by Crippen LogP contribution is -2.61. The first kappa shape index (κ1) is 32.4. The maximum Gasteiger partial charge on any atom is 0.146 e. The van der Waals surface area contributed by atoms with Gasteiger partial charge in [0.05, 0.1) is 11.8 Å². The van der Waals surface area contributed by atoms with E-state index in [4.69, 9.17) is 0 Å². The van der Waals surface area contributed by atoms with Crippen LogP contribution >= 0.6 is 0 Å². The third-order valence-corrected chi connectivity index (χ3v) is 11.0. The summed E-state index contributed by atoms with van der Waals surface area (Å²) in [5.74, 6) is -0.135. The lowest BCUT2D eigenvalue weighted by Gasteiger charge is -2.54. The van der Waals surface area contributed by atoms with Crippen molar-refractivity contribution < 1.29 is 4.79 Å². The maximum atomic E-state index is 15.6. The number of Topliss-reactive ketones (excluding diaryl/α,β-unsaturated/α-hetero) is 1. The van der Waals surface area contributed by atoms with Gasteiger partial charge in [0.1, 0.15) is 5.78 Å². The minimum absolute atomic E-state index is 0.131. The molecule has 0 amide bonds. The van der Waals surface area contributed by atoms with E-state index in [1.165, 1.54) is 89.0 Å². The second-order valence-corrected chi connectivity index (χ2v) is 14.9. The first-order valence-electron chi connectivity index (χ1n) is 17.0. The Labute approximate surface area is 277 Å². The normalized spacial score (nSPS) is 24.4. The third-order valence-electron chi connectivity index (χ3n) is 11.0. The summed E-state index contributed by atoms with van der Waals surface area (Å²) in [4.78, 5) is 15.6. The fourth-order valence-electron chi connectivity index (χ4n) is 9.84. The molecule has 4 aromatic rings. The molecule has 0 radical (unpaired) electrons. The fraction of sp³-hybridized carbons (Fsp3) is 0.419. The first-order chi connectivity index (χ1) is 21.7. The van der Waals surface area contributed by atoms with Crippen molar-refractivity contribution in [2.45, 2.75) is 107 Å². The average molecular weight is 613 g/mol. The second kappa shape index (κ2) is 11.9. The molecule has 2 saturated heterocycles. The number of hydrogen-bond donors (Lipinski definition) is 2. The van der Waals surface area contributed by atoms with Gasteiger partial charge >= 0.3 is 0 Å². The van der Waals surface area contributed by atoms with Crippen LogP contribution < -0.4 is 10.6 Å². The minimum Gasteiger partial charge on any atom is -0.302 e. The van der Waals surface area contributed by atoms with Crippen LogP contribution in [0.4, 0.5) is 0 Å². The molecule has 46 heavy (non-hydrogen) atoms. The number of aryl methyl sites for hydroxylation is 12. The Morgan fingerprint density at radius 3 is 0.696 bits per heavy atom. The largest absolute Gasteiger partial charge is 0.302 e. The highest BCUT2D eigenvalue weighted by atomic mass is 16.1. The minimum atomic E-state index is -0.255. The van der Waals surface area contributed by atoms with Gasteiger partial charge in [0.2, 0.25) is 0 Å². The van der Waals surface area contributed by atoms with Gasteiger partial charge in [-0.2, -0.15) is 0 Å². The summed E-state index contributed by atoms with van der Waals surface area (Å²) in [7, 11) is 0. The molecule has 0 unspecified atom stereocenters. The van der Waals surface area contributed by atoms with E-state index in [-0.39, 0.29) is 36.0 Å². The highest BCUT2D eigenvalue weighted by molar-refractivity contribution is 5.89. The summed E-state index contributed by atoms with van der Waals surface area (Å²) in [5, 5.41) is 8.52. The Balaban J connectivity index is 1.66. The summed E-state index contributed by atoms with van der Waals surface area (Å²) in [5.41, 5.74) is 20.1. The van der Waals surface area contributed by atoms with Gasteiger partial charge in [-0.05, 0) is 150 Å². The Hall–Kier alpha value is -3.53. The van der Waals surface area contributed by atoms with E-state index in [1.807, 2.05) is 0 Å². The smallest absolute Gasteiger partial charge is 0.146 e. The Morgan fingerprint density at radius 2 is 0.522 bits per heavy atom. The topological polar surface area (TPSA) is 41.1 Å². The fourth-order valence-corrected chi connectivity index (χ4v) is 9.84. The van der Waals surface area contributed by atoms with Crippen molar-refractivity contribution in [3.05, 3.63) is 138 Å². The number of fused-ring (bicyclic) bond motifs is 2. The number of benzene rings is 4. The van der Waals surface area contributed by atoms with Gasteiger partial charge < -0.3 is 10.6 Å². The van der Waals surface area contributed by atoms with E-state index in [1.54, 1.807) is 0 Å². The molecule has 4 atom stereocenters. The van der Waals surface area contributed by atoms with Crippen molar-refractivity contribution in [2.24, 2.45) is 11.8 Å². The molecular formula is C43H52N2O. The molecular weight excluding hydrogens is 560 g/mol. The van der Waals surface area contributed by atoms with Gasteiger partial charge in [0.25, 0.3) is 0 Å². The molecule has 2 heterocycles. The summed E-state index contributed by atoms with van der Waals surface area (Å²) in [6, 6.07) is 17.8. The highest BCUT2D eigenvalue weighted by Crippen LogP contribution is 2.55. The zero-order chi connectivity index (χ0) is 33.4. The van der Waals surface area contributed by atoms with Crippen LogP contribution in [-0.4, -0.2) is 5.78 Å². The van der Waals surface area contributed by atoms with Crippen molar-refractivity contribution in [3.8, 4) is 0 Å². The summed E-state index contributed by atoms with van der Waals surface area (Å²) < 4.78 is 0. The Kier molecular flexibility index (Phi) is 8.40. The molecule has 3 heteroatoms. The zero-order valence-electron chi connectivity index (χ0n) is 30.0. The van der Waals surface area contributed by atoms with Crippen LogP contribution in [0.2, 0.25) is 0 Å². The molecule has 2 aliphatic rings. The van der Waals surface area contributed by atoms with Gasteiger partial charge in [-0.15, -0.1) is 0 Å². The number of carbonyl (C=O) groups is 1. The van der Waals surface area contributed by atoms with Gasteiger partial charge in [0.15, 0.2) is 0 Å². The van der Waals surface area contributed by atoms with E-state index < -0.39 is 0 Å². The molecule has 0 saturated carbocycles. The van der Waals surface area contributed by atoms with Crippen molar-refractivity contribution in [3.63, 3.8) is 0 Å². The number of hydrogen-bond acceptors (Lipinski definition) is 3. The van der Waals surface area contributed by atoms with Crippen LogP contribution in [0.25, 0.3) is 0 Å². The van der Waals surface area contributed by atoms with Gasteiger partial charge in [0, 0.05) is 24.2 Å². The Bertz CT molecular complexity index is 1530. The lowest BCUT2D eigenvalue weighted by molar-refractivity contribution is -0.139. The molecule has 2 aliphatic heterocycles. The van der Waals surface area contributed by atoms with E-state index in [9.17, 15) is 0 Å². The van der Waals surface area contributed by atoms with Gasteiger partial charge in [-0.3, -0.25) is 4.79 Å². The molecule has 2 bridgehead atoms. The molecule has 3 nitrogen and oxygen atoms in total. The first-order valence-corrected chi connectivity index (χ1v) is 17.0. The quantitative estimate of drug-likeness (QED) is 0.241. The molecule has 2 N–H and O–H groups in total. The summed E-state index contributed by atoms with van der Waals surface area (Å²) in [6.07, 6.45) is 0.